The number of hydrogen-bond donors (Lipinski definition) is 2. The van der Waals surface area contributed by atoms with Gasteiger partial charge < -0.3 is 15.0 Å². The van der Waals surface area contributed by atoms with Gasteiger partial charge in [0, 0.05) is 47.9 Å². The Morgan fingerprint density at radius 1 is 1.39 bits per heavy atom. The van der Waals surface area contributed by atoms with Gasteiger partial charge in [-0.05, 0) is 49.8 Å². The predicted octanol–water partition coefficient (Wildman–Crippen LogP) is 3.13. The lowest BCUT2D eigenvalue weighted by Crippen LogP contribution is -2.27. The third-order valence-electron chi connectivity index (χ3n) is 5.84. The summed E-state index contributed by atoms with van der Waals surface area (Å²) in [7, 11) is 0. The molecule has 1 aromatic carbocycles. The smallest absolute Gasteiger partial charge is 0.272 e. The van der Waals surface area contributed by atoms with Gasteiger partial charge in [-0.3, -0.25) is 9.48 Å². The van der Waals surface area contributed by atoms with Gasteiger partial charge >= 0.3 is 0 Å². The number of amides is 1. The van der Waals surface area contributed by atoms with Crippen LogP contribution in [-0.4, -0.2) is 33.8 Å². The Bertz CT molecular complexity index is 1030. The van der Waals surface area contributed by atoms with Crippen molar-refractivity contribution in [2.45, 2.75) is 45.8 Å². The zero-order chi connectivity index (χ0) is 19.1. The molecule has 0 saturated heterocycles. The monoisotopic (exact) mass is 378 g/mol. The zero-order valence-electron chi connectivity index (χ0n) is 16.3. The number of rotatable bonds is 6. The van der Waals surface area contributed by atoms with E-state index in [0.29, 0.717) is 25.5 Å². The molecule has 0 atom stereocenters. The Hall–Kier alpha value is -2.60. The topological polar surface area (TPSA) is 71.9 Å². The molecule has 2 aliphatic rings. The first-order valence-corrected chi connectivity index (χ1v) is 10.2. The summed E-state index contributed by atoms with van der Waals surface area (Å²) in [4.78, 5) is 16.1. The number of fused-ring (bicyclic) bond motifs is 2. The van der Waals surface area contributed by atoms with E-state index in [4.69, 9.17) is 4.74 Å². The minimum atomic E-state index is -0.0904. The number of hydrogen-bond acceptors (Lipinski definition) is 3. The quantitative estimate of drug-likeness (QED) is 0.692. The highest BCUT2D eigenvalue weighted by atomic mass is 16.5. The minimum Gasteiger partial charge on any atom is -0.376 e. The van der Waals surface area contributed by atoms with Crippen molar-refractivity contribution in [2.24, 2.45) is 5.92 Å². The average molecular weight is 378 g/mol. The van der Waals surface area contributed by atoms with E-state index in [1.807, 2.05) is 6.20 Å². The van der Waals surface area contributed by atoms with Gasteiger partial charge in [0.1, 0.15) is 0 Å². The van der Waals surface area contributed by atoms with Crippen molar-refractivity contribution in [3.05, 3.63) is 52.5 Å². The molecule has 28 heavy (non-hydrogen) atoms. The van der Waals surface area contributed by atoms with E-state index in [1.165, 1.54) is 35.0 Å². The molecule has 3 aromatic rings. The van der Waals surface area contributed by atoms with Crippen molar-refractivity contribution < 1.29 is 9.53 Å². The number of aryl methyl sites for hydroxylation is 1. The lowest BCUT2D eigenvalue weighted by Gasteiger charge is -2.14. The maximum Gasteiger partial charge on any atom is 0.272 e. The number of carbonyl (C=O) groups excluding carboxylic acids is 1. The maximum absolute atomic E-state index is 12.8. The average Bonchev–Trinajstić information content (AvgIpc) is 3.32. The van der Waals surface area contributed by atoms with Gasteiger partial charge in [-0.2, -0.15) is 5.10 Å². The summed E-state index contributed by atoms with van der Waals surface area (Å²) in [5.41, 5.74) is 6.32. The van der Waals surface area contributed by atoms with E-state index in [2.05, 4.69) is 45.2 Å². The van der Waals surface area contributed by atoms with E-state index in [9.17, 15) is 4.79 Å². The number of nitrogens with one attached hydrogen (secondary N) is 2. The Labute approximate surface area is 164 Å². The Kier molecular flexibility index (Phi) is 4.43. The van der Waals surface area contributed by atoms with Crippen LogP contribution in [-0.2, 0) is 30.7 Å². The van der Waals surface area contributed by atoms with Crippen LogP contribution in [0.1, 0.15) is 45.7 Å². The van der Waals surface area contributed by atoms with Crippen LogP contribution >= 0.6 is 0 Å². The van der Waals surface area contributed by atoms with E-state index in [0.717, 1.165) is 36.4 Å². The van der Waals surface area contributed by atoms with Gasteiger partial charge in [0.05, 0.1) is 13.2 Å². The second kappa shape index (κ2) is 7.09. The van der Waals surface area contributed by atoms with Gasteiger partial charge in [-0.15, -0.1) is 0 Å². The van der Waals surface area contributed by atoms with E-state index in [1.54, 1.807) is 0 Å². The number of carbonyl (C=O) groups is 1. The highest BCUT2D eigenvalue weighted by molar-refractivity contribution is 5.94. The summed E-state index contributed by atoms with van der Waals surface area (Å²) >= 11 is 0. The fourth-order valence-corrected chi connectivity index (χ4v) is 4.08. The predicted molar refractivity (Wildman–Crippen MR) is 107 cm³/mol. The molecule has 2 N–H and O–H groups in total. The molecule has 1 aliphatic heterocycles. The highest BCUT2D eigenvalue weighted by Gasteiger charge is 2.29. The molecule has 1 fully saturated rings. The van der Waals surface area contributed by atoms with Crippen LogP contribution in [0.3, 0.4) is 0 Å². The Morgan fingerprint density at radius 2 is 2.29 bits per heavy atom. The molecule has 6 heteroatoms. The van der Waals surface area contributed by atoms with Gasteiger partial charge in [-0.25, -0.2) is 0 Å². The molecule has 1 saturated carbocycles. The molecule has 146 valence electrons. The summed E-state index contributed by atoms with van der Waals surface area (Å²) in [5.74, 6) is 0.639. The lowest BCUT2D eigenvalue weighted by atomic mass is 10.1. The van der Waals surface area contributed by atoms with Gasteiger partial charge in [-0.1, -0.05) is 11.6 Å². The maximum atomic E-state index is 12.8. The SMILES string of the molecule is Cc1ccc2[nH]cc(CCNC(=O)c3nn(CC4CC4)c4c3COCC4)c2c1. The van der Waals surface area contributed by atoms with Gasteiger partial charge in [0.2, 0.25) is 0 Å². The largest absolute Gasteiger partial charge is 0.376 e. The molecular formula is C22H26N4O2. The van der Waals surface area contributed by atoms with Crippen LogP contribution in [0, 0.1) is 12.8 Å². The second-order valence-electron chi connectivity index (χ2n) is 8.07. The number of aromatic amines is 1. The van der Waals surface area contributed by atoms with Crippen molar-refractivity contribution >= 4 is 16.8 Å². The molecule has 0 spiro atoms. The van der Waals surface area contributed by atoms with Crippen molar-refractivity contribution in [2.75, 3.05) is 13.2 Å². The van der Waals surface area contributed by atoms with Crippen LogP contribution < -0.4 is 5.32 Å². The van der Waals surface area contributed by atoms with E-state index in [-0.39, 0.29) is 5.91 Å². The van der Waals surface area contributed by atoms with E-state index >= 15 is 0 Å². The molecule has 1 amide bonds. The molecule has 6 nitrogen and oxygen atoms in total. The summed E-state index contributed by atoms with van der Waals surface area (Å²) in [6.07, 6.45) is 6.22. The Morgan fingerprint density at radius 3 is 3.14 bits per heavy atom. The van der Waals surface area contributed by atoms with Gasteiger partial charge in [0.25, 0.3) is 5.91 Å². The van der Waals surface area contributed by atoms with Gasteiger partial charge in [0.15, 0.2) is 5.69 Å². The Balaban J connectivity index is 1.29. The standard InChI is InChI=1S/C22H26N4O2/c1-14-2-5-19-17(10-14)16(11-24-19)6-8-23-22(27)21-18-13-28-9-7-20(18)26(25-21)12-15-3-4-15/h2,5,10-11,15,24H,3-4,6-9,12-13H2,1H3,(H,23,27). The second-order valence-corrected chi connectivity index (χ2v) is 8.07. The summed E-state index contributed by atoms with van der Waals surface area (Å²) in [6.45, 7) is 4.82. The number of ether oxygens (including phenoxy) is 1. The van der Waals surface area contributed by atoms with E-state index < -0.39 is 0 Å². The molecule has 3 heterocycles. The summed E-state index contributed by atoms with van der Waals surface area (Å²) in [5, 5.41) is 8.96. The molecular weight excluding hydrogens is 352 g/mol. The van der Waals surface area contributed by atoms with Crippen molar-refractivity contribution in [1.82, 2.24) is 20.1 Å². The first-order valence-electron chi connectivity index (χ1n) is 10.2. The third-order valence-corrected chi connectivity index (χ3v) is 5.84. The normalized spacial score (nSPS) is 16.3. The summed E-state index contributed by atoms with van der Waals surface area (Å²) < 4.78 is 7.67. The van der Waals surface area contributed by atoms with Crippen LogP contribution in [0.2, 0.25) is 0 Å². The molecule has 1 aliphatic carbocycles. The first kappa shape index (κ1) is 17.5. The van der Waals surface area contributed by atoms with Crippen molar-refractivity contribution in [1.29, 1.82) is 0 Å². The van der Waals surface area contributed by atoms with Crippen molar-refractivity contribution in [3.8, 4) is 0 Å². The molecule has 0 bridgehead atoms. The number of aromatic nitrogens is 3. The number of nitrogens with zero attached hydrogens (tertiary/aromatic N) is 2. The fraction of sp³-hybridized carbons (Fsp3) is 0.455. The van der Waals surface area contributed by atoms with Crippen molar-refractivity contribution in [3.63, 3.8) is 0 Å². The van der Waals surface area contributed by atoms with Crippen LogP contribution in [0.4, 0.5) is 0 Å². The molecule has 0 unspecified atom stereocenters. The lowest BCUT2D eigenvalue weighted by molar-refractivity contribution is 0.0925. The van der Waals surface area contributed by atoms with Crippen LogP contribution in [0.25, 0.3) is 10.9 Å². The number of benzene rings is 1. The fourth-order valence-electron chi connectivity index (χ4n) is 4.08. The molecule has 2 aromatic heterocycles. The molecule has 5 rings (SSSR count). The highest BCUT2D eigenvalue weighted by Crippen LogP contribution is 2.32. The summed E-state index contributed by atoms with van der Waals surface area (Å²) in [6, 6.07) is 6.40. The first-order chi connectivity index (χ1) is 13.7. The zero-order valence-corrected chi connectivity index (χ0v) is 16.3. The third kappa shape index (κ3) is 3.33. The number of H-pyrrole nitrogens is 1. The van der Waals surface area contributed by atoms with Crippen LogP contribution in [0.15, 0.2) is 24.4 Å². The molecule has 0 radical (unpaired) electrons. The van der Waals surface area contributed by atoms with Crippen LogP contribution in [0.5, 0.6) is 0 Å². The minimum absolute atomic E-state index is 0.0904.